The molecule has 0 bridgehead atoms. The Balaban J connectivity index is 2.81. The summed E-state index contributed by atoms with van der Waals surface area (Å²) in [6.45, 7) is 3.36. The van der Waals surface area contributed by atoms with Crippen LogP contribution in [0.25, 0.3) is 0 Å². The highest BCUT2D eigenvalue weighted by Gasteiger charge is 2.13. The van der Waals surface area contributed by atoms with Gasteiger partial charge in [-0.25, -0.2) is 0 Å². The van der Waals surface area contributed by atoms with Crippen LogP contribution in [0.15, 0.2) is 16.6 Å². The van der Waals surface area contributed by atoms with Gasteiger partial charge >= 0.3 is 0 Å². The molecule has 6 heteroatoms. The van der Waals surface area contributed by atoms with E-state index < -0.39 is 0 Å². The maximum absolute atomic E-state index is 11.6. The quantitative estimate of drug-likeness (QED) is 0.773. The lowest BCUT2D eigenvalue weighted by Crippen LogP contribution is -2.23. The zero-order valence-corrected chi connectivity index (χ0v) is 14.4. The lowest BCUT2D eigenvalue weighted by Gasteiger charge is -2.16. The van der Waals surface area contributed by atoms with Crippen molar-refractivity contribution in [2.24, 2.45) is 5.73 Å². The van der Waals surface area contributed by atoms with Crippen LogP contribution >= 0.6 is 15.9 Å². The van der Waals surface area contributed by atoms with Crippen molar-refractivity contribution >= 4 is 21.8 Å². The summed E-state index contributed by atoms with van der Waals surface area (Å²) in [6, 6.07) is 3.91. The Morgan fingerprint density at radius 3 is 2.62 bits per heavy atom. The Morgan fingerprint density at radius 1 is 1.33 bits per heavy atom. The highest BCUT2D eigenvalue weighted by molar-refractivity contribution is 9.10. The number of halogens is 1. The number of hydrogen-bond acceptors (Lipinski definition) is 4. The molecule has 21 heavy (non-hydrogen) atoms. The molecule has 118 valence electrons. The molecule has 1 aromatic rings. The molecule has 0 unspecified atom stereocenters. The maximum atomic E-state index is 11.6. The van der Waals surface area contributed by atoms with Crippen LogP contribution in [0.1, 0.15) is 18.9 Å². The van der Waals surface area contributed by atoms with Gasteiger partial charge in [0.05, 0.1) is 24.1 Å². The average Bonchev–Trinajstić information content (AvgIpc) is 2.42. The van der Waals surface area contributed by atoms with Crippen LogP contribution in [0.2, 0.25) is 0 Å². The van der Waals surface area contributed by atoms with Crippen molar-refractivity contribution in [2.45, 2.75) is 19.8 Å². The summed E-state index contributed by atoms with van der Waals surface area (Å²) in [5.74, 6) is 1.33. The Hall–Kier alpha value is -1.27. The summed E-state index contributed by atoms with van der Waals surface area (Å²) in [7, 11) is 3.46. The summed E-state index contributed by atoms with van der Waals surface area (Å²) >= 11 is 3.49. The van der Waals surface area contributed by atoms with Gasteiger partial charge in [-0.15, -0.1) is 0 Å². The Labute approximate surface area is 134 Å². The standard InChI is InChI=1S/C15H23BrN2O3/c1-4-20-13-10-11(5-7-17)9-12(16)15(13)21-8-6-14(19)18(2)3/h9-10H,4-8,17H2,1-3H3. The minimum atomic E-state index is 0.0313. The number of rotatable bonds is 8. The van der Waals surface area contributed by atoms with E-state index in [2.05, 4.69) is 15.9 Å². The van der Waals surface area contributed by atoms with Crippen LogP contribution < -0.4 is 15.2 Å². The summed E-state index contributed by atoms with van der Waals surface area (Å²) in [6.07, 6.45) is 1.10. The first-order chi connectivity index (χ1) is 9.99. The normalized spacial score (nSPS) is 10.3. The zero-order valence-electron chi connectivity index (χ0n) is 12.8. The van der Waals surface area contributed by atoms with Crippen LogP contribution in [0, 0.1) is 0 Å². The van der Waals surface area contributed by atoms with Gasteiger partial charge in [-0.3, -0.25) is 4.79 Å². The minimum Gasteiger partial charge on any atom is -0.490 e. The van der Waals surface area contributed by atoms with Crippen molar-refractivity contribution in [3.05, 3.63) is 22.2 Å². The smallest absolute Gasteiger partial charge is 0.225 e. The molecule has 0 aliphatic carbocycles. The molecule has 0 aliphatic heterocycles. The average molecular weight is 359 g/mol. The highest BCUT2D eigenvalue weighted by atomic mass is 79.9. The first kappa shape index (κ1) is 17.8. The number of nitrogens with two attached hydrogens (primary N) is 1. The number of hydrogen-bond donors (Lipinski definition) is 1. The number of ether oxygens (including phenoxy) is 2. The van der Waals surface area contributed by atoms with Gasteiger partial charge < -0.3 is 20.1 Å². The summed E-state index contributed by atoms with van der Waals surface area (Å²) < 4.78 is 12.2. The third-order valence-electron chi connectivity index (χ3n) is 2.86. The molecule has 0 saturated carbocycles. The zero-order chi connectivity index (χ0) is 15.8. The van der Waals surface area contributed by atoms with Crippen molar-refractivity contribution in [2.75, 3.05) is 33.9 Å². The molecule has 0 atom stereocenters. The topological polar surface area (TPSA) is 64.8 Å². The van der Waals surface area contributed by atoms with Crippen LogP contribution in [0.5, 0.6) is 11.5 Å². The van der Waals surface area contributed by atoms with Crippen LogP contribution in [-0.4, -0.2) is 44.7 Å². The Bertz CT molecular complexity index is 478. The van der Waals surface area contributed by atoms with Crippen molar-refractivity contribution < 1.29 is 14.3 Å². The molecular weight excluding hydrogens is 336 g/mol. The maximum Gasteiger partial charge on any atom is 0.225 e. The van der Waals surface area contributed by atoms with Gasteiger partial charge in [0.1, 0.15) is 0 Å². The van der Waals surface area contributed by atoms with E-state index in [4.69, 9.17) is 15.2 Å². The number of nitrogens with zero attached hydrogens (tertiary/aromatic N) is 1. The molecule has 0 radical (unpaired) electrons. The first-order valence-electron chi connectivity index (χ1n) is 6.97. The second-order valence-electron chi connectivity index (χ2n) is 4.76. The van der Waals surface area contributed by atoms with Gasteiger partial charge in [0.25, 0.3) is 0 Å². The van der Waals surface area contributed by atoms with E-state index in [-0.39, 0.29) is 5.91 Å². The van der Waals surface area contributed by atoms with E-state index in [1.165, 1.54) is 0 Å². The lowest BCUT2D eigenvalue weighted by atomic mass is 10.1. The second kappa shape index (κ2) is 8.89. The summed E-state index contributed by atoms with van der Waals surface area (Å²) in [5, 5.41) is 0. The fourth-order valence-electron chi connectivity index (χ4n) is 1.80. The molecule has 0 aromatic heterocycles. The minimum absolute atomic E-state index is 0.0313. The van der Waals surface area contributed by atoms with E-state index in [0.717, 1.165) is 16.5 Å². The molecule has 1 amide bonds. The fourth-order valence-corrected chi connectivity index (χ4v) is 2.40. The third kappa shape index (κ3) is 5.55. The number of benzene rings is 1. The molecule has 0 fully saturated rings. The van der Waals surface area contributed by atoms with Gasteiger partial charge in [0.15, 0.2) is 11.5 Å². The van der Waals surface area contributed by atoms with Crippen LogP contribution in [-0.2, 0) is 11.2 Å². The second-order valence-corrected chi connectivity index (χ2v) is 5.62. The Kier molecular flexibility index (Phi) is 7.53. The number of carbonyl (C=O) groups is 1. The van der Waals surface area contributed by atoms with Gasteiger partial charge in [-0.2, -0.15) is 0 Å². The van der Waals surface area contributed by atoms with Crippen molar-refractivity contribution in [3.8, 4) is 11.5 Å². The largest absolute Gasteiger partial charge is 0.490 e. The van der Waals surface area contributed by atoms with E-state index in [1.807, 2.05) is 19.1 Å². The van der Waals surface area contributed by atoms with Gasteiger partial charge in [0, 0.05) is 14.1 Å². The van der Waals surface area contributed by atoms with E-state index in [1.54, 1.807) is 19.0 Å². The molecule has 5 nitrogen and oxygen atoms in total. The van der Waals surface area contributed by atoms with Crippen LogP contribution in [0.3, 0.4) is 0 Å². The van der Waals surface area contributed by atoms with Crippen molar-refractivity contribution in [1.29, 1.82) is 0 Å². The van der Waals surface area contributed by atoms with Crippen molar-refractivity contribution in [3.63, 3.8) is 0 Å². The third-order valence-corrected chi connectivity index (χ3v) is 3.45. The highest BCUT2D eigenvalue weighted by Crippen LogP contribution is 2.37. The lowest BCUT2D eigenvalue weighted by molar-refractivity contribution is -0.129. The van der Waals surface area contributed by atoms with E-state index in [9.17, 15) is 4.79 Å². The summed E-state index contributed by atoms with van der Waals surface area (Å²) in [5.41, 5.74) is 6.67. The first-order valence-corrected chi connectivity index (χ1v) is 7.77. The van der Waals surface area contributed by atoms with E-state index in [0.29, 0.717) is 37.7 Å². The molecule has 0 saturated heterocycles. The molecular formula is C15H23BrN2O3. The molecule has 0 spiro atoms. The summed E-state index contributed by atoms with van der Waals surface area (Å²) in [4.78, 5) is 13.1. The molecule has 2 N–H and O–H groups in total. The van der Waals surface area contributed by atoms with E-state index >= 15 is 0 Å². The van der Waals surface area contributed by atoms with Crippen molar-refractivity contribution in [1.82, 2.24) is 4.90 Å². The predicted molar refractivity (Wildman–Crippen MR) is 86.9 cm³/mol. The SMILES string of the molecule is CCOc1cc(CCN)cc(Br)c1OCCC(=O)N(C)C. The molecule has 1 rings (SSSR count). The molecule has 0 aliphatic rings. The monoisotopic (exact) mass is 358 g/mol. The molecule has 1 aromatic carbocycles. The predicted octanol–water partition coefficient (Wildman–Crippen LogP) is 2.21. The number of carbonyl (C=O) groups excluding carboxylic acids is 1. The van der Waals surface area contributed by atoms with Gasteiger partial charge in [-0.05, 0) is 53.5 Å². The van der Waals surface area contributed by atoms with Crippen LogP contribution in [0.4, 0.5) is 0 Å². The van der Waals surface area contributed by atoms with Gasteiger partial charge in [0.2, 0.25) is 5.91 Å². The number of amides is 1. The van der Waals surface area contributed by atoms with Gasteiger partial charge in [-0.1, -0.05) is 0 Å². The fraction of sp³-hybridized carbons (Fsp3) is 0.533. The Morgan fingerprint density at radius 2 is 2.05 bits per heavy atom. The molecule has 0 heterocycles.